The van der Waals surface area contributed by atoms with Crippen LogP contribution in [0.2, 0.25) is 23.6 Å². The zero-order chi connectivity index (χ0) is 12.6. The van der Waals surface area contributed by atoms with Gasteiger partial charge in [0.2, 0.25) is 0 Å². The molecule has 93 valence electrons. The fourth-order valence-electron chi connectivity index (χ4n) is 2.51. The van der Waals surface area contributed by atoms with Crippen molar-refractivity contribution in [2.75, 3.05) is 0 Å². The molecule has 0 spiro atoms. The van der Waals surface area contributed by atoms with Crippen LogP contribution in [0.15, 0.2) is 18.5 Å². The molecule has 1 rings (SSSR count). The number of H-pyrrole nitrogens is 1. The monoisotopic (exact) mass is 275 g/mol. The molecule has 0 bridgehead atoms. The van der Waals surface area contributed by atoms with Crippen LogP contribution >= 0.6 is 0 Å². The second kappa shape index (κ2) is 4.13. The van der Waals surface area contributed by atoms with Gasteiger partial charge in [-0.25, -0.2) is 0 Å². The van der Waals surface area contributed by atoms with Gasteiger partial charge in [-0.15, -0.1) is 0 Å². The van der Waals surface area contributed by atoms with E-state index in [0.717, 1.165) is 0 Å². The van der Waals surface area contributed by atoms with Gasteiger partial charge in [-0.05, 0) is 0 Å². The number of hydrogen-bond acceptors (Lipinski definition) is 1. The molecule has 1 aromatic heterocycles. The van der Waals surface area contributed by atoms with Gasteiger partial charge in [-0.3, -0.25) is 0 Å². The molecule has 16 heavy (non-hydrogen) atoms. The molecule has 1 heterocycles. The van der Waals surface area contributed by atoms with E-state index in [0.29, 0.717) is 0 Å². The quantitative estimate of drug-likeness (QED) is 0.816. The number of nitrogens with one attached hydrogen (secondary N) is 2. The van der Waals surface area contributed by atoms with Crippen molar-refractivity contribution in [2.24, 2.45) is 0 Å². The number of hydrogen-bond donors (Lipinski definition) is 2. The van der Waals surface area contributed by atoms with E-state index in [1.54, 1.807) is 3.87 Å². The van der Waals surface area contributed by atoms with Crippen LogP contribution in [0, 0.1) is 0 Å². The van der Waals surface area contributed by atoms with Gasteiger partial charge < -0.3 is 0 Å². The van der Waals surface area contributed by atoms with Gasteiger partial charge in [-0.1, -0.05) is 0 Å². The maximum absolute atomic E-state index is 4.04. The zero-order valence-corrected chi connectivity index (χ0v) is 14.5. The summed E-state index contributed by atoms with van der Waals surface area (Å²) in [5.41, 5.74) is 0.204. The minimum absolute atomic E-state index is 0.204. The van der Waals surface area contributed by atoms with Crippen molar-refractivity contribution in [3.05, 3.63) is 18.5 Å². The molecule has 0 fully saturated rings. The Labute approximate surface area is 102 Å². The van der Waals surface area contributed by atoms with E-state index in [2.05, 4.69) is 71.6 Å². The predicted octanol–water partition coefficient (Wildman–Crippen LogP) is 2.71. The third-order valence-corrected chi connectivity index (χ3v) is 31.3. The average molecular weight is 275 g/mol. The molecule has 0 saturated carbocycles. The van der Waals surface area contributed by atoms with Crippen molar-refractivity contribution in [3.8, 4) is 0 Å². The molecule has 0 unspecified atom stereocenters. The van der Waals surface area contributed by atoms with E-state index >= 15 is 0 Å². The molecule has 0 aliphatic rings. The first-order valence-electron chi connectivity index (χ1n) is 6.18. The summed E-state index contributed by atoms with van der Waals surface area (Å²) in [6, 6.07) is 2.28. The van der Waals surface area contributed by atoms with E-state index in [4.69, 9.17) is 0 Å². The molecule has 4 heteroatoms. The van der Waals surface area contributed by atoms with Crippen molar-refractivity contribution in [2.45, 2.75) is 49.9 Å². The molecule has 0 saturated heterocycles. The van der Waals surface area contributed by atoms with E-state index in [1.807, 2.05) is 0 Å². The minimum atomic E-state index is -2.67. The number of aromatic nitrogens is 1. The van der Waals surface area contributed by atoms with Crippen LogP contribution in [0.25, 0.3) is 0 Å². The van der Waals surface area contributed by atoms with Gasteiger partial charge in [0.15, 0.2) is 0 Å². The van der Waals surface area contributed by atoms with Gasteiger partial charge in [0, 0.05) is 0 Å². The Hall–Kier alpha value is 0.171. The molecule has 1 aromatic rings. The van der Waals surface area contributed by atoms with Crippen molar-refractivity contribution in [1.29, 1.82) is 0 Å². The molecule has 0 radical (unpaired) electrons. The van der Waals surface area contributed by atoms with Crippen molar-refractivity contribution in [1.82, 2.24) is 8.78 Å². The zero-order valence-electron chi connectivity index (χ0n) is 11.8. The van der Waals surface area contributed by atoms with Crippen molar-refractivity contribution in [3.63, 3.8) is 0 Å². The Balaban J connectivity index is 3.24. The maximum atomic E-state index is 4.04. The summed E-state index contributed by atoms with van der Waals surface area (Å²) in [6.45, 7) is 11.1. The molecular weight excluding hydrogens is 248 g/mol. The fourth-order valence-corrected chi connectivity index (χ4v) is 16.0. The Morgan fingerprint density at radius 3 is 2.12 bits per heavy atom. The first kappa shape index (κ1) is 14.2. The number of rotatable bonds is 3. The molecule has 2 nitrogen and oxygen atoms in total. The van der Waals surface area contributed by atoms with Gasteiger partial charge in [-0.2, -0.15) is 0 Å². The van der Waals surface area contributed by atoms with Gasteiger partial charge >= 0.3 is 102 Å². The summed E-state index contributed by atoms with van der Waals surface area (Å²) in [7, 11) is 0. The summed E-state index contributed by atoms with van der Waals surface area (Å²) in [5.74, 6) is 0. The van der Waals surface area contributed by atoms with E-state index in [-0.39, 0.29) is 5.54 Å². The van der Waals surface area contributed by atoms with Crippen LogP contribution < -0.4 is 7.67 Å². The summed E-state index contributed by atoms with van der Waals surface area (Å²) < 4.78 is 5.61. The van der Waals surface area contributed by atoms with Gasteiger partial charge in [0.1, 0.15) is 0 Å². The first-order valence-corrected chi connectivity index (χ1v) is 16.5. The predicted molar refractivity (Wildman–Crippen MR) is 73.9 cm³/mol. The Kier molecular flexibility index (Phi) is 3.67. The summed E-state index contributed by atoms with van der Waals surface area (Å²) in [4.78, 5) is 3.23. The summed E-state index contributed by atoms with van der Waals surface area (Å²) >= 11 is -2.67. The van der Waals surface area contributed by atoms with Gasteiger partial charge in [0.05, 0.1) is 0 Å². The fraction of sp³-hybridized carbons (Fsp3) is 0.667. The normalized spacial score (nSPS) is 16.1. The van der Waals surface area contributed by atoms with E-state index in [9.17, 15) is 0 Å². The van der Waals surface area contributed by atoms with Gasteiger partial charge in [0.25, 0.3) is 0 Å². The Bertz CT molecular complexity index is 350. The van der Waals surface area contributed by atoms with Crippen LogP contribution in [-0.2, 0) is 14.8 Å². The van der Waals surface area contributed by atoms with E-state index < -0.39 is 21.5 Å². The molecule has 0 aliphatic carbocycles. The van der Waals surface area contributed by atoms with Crippen LogP contribution in [0.3, 0.4) is 0 Å². The topological polar surface area (TPSA) is 27.8 Å². The van der Waals surface area contributed by atoms with Crippen LogP contribution in [0.4, 0.5) is 0 Å². The molecule has 0 atom stereocenters. The summed E-state index contributed by atoms with van der Waals surface area (Å²) in [6.07, 6.45) is 4.27. The SMILES string of the molecule is C[SiH](C)[Ti]([CH3])([CH3])([NH]C(C)(C)C)[c]1cc[nH]c1. The third-order valence-electron chi connectivity index (χ3n) is 3.98. The Morgan fingerprint density at radius 2 is 1.81 bits per heavy atom. The van der Waals surface area contributed by atoms with Crippen molar-refractivity contribution >= 4 is 10.5 Å². The molecule has 0 aliphatic heterocycles. The second-order valence-electron chi connectivity index (χ2n) is 7.12. The first-order chi connectivity index (χ1) is 7.05. The standard InChI is InChI=1S/C4H4N.C4H10N.C2H7Si.2CH3.Ti/c1-2-4-5-3-1;1-4(2,3)5;1-3-2;;;/h1,3-5H;5H,1-3H3;3H,1-2H3;2*1H3;/q;-1;;;;+1. The van der Waals surface area contributed by atoms with Crippen molar-refractivity contribution < 1.29 is 14.8 Å². The van der Waals surface area contributed by atoms with Crippen LogP contribution in [0.5, 0.6) is 0 Å². The number of aromatic amines is 1. The molecule has 2 N–H and O–H groups in total. The second-order valence-corrected chi connectivity index (χ2v) is 31.1. The van der Waals surface area contributed by atoms with Crippen LogP contribution in [0.1, 0.15) is 20.8 Å². The Morgan fingerprint density at radius 1 is 1.25 bits per heavy atom. The van der Waals surface area contributed by atoms with E-state index in [1.165, 1.54) is 0 Å². The van der Waals surface area contributed by atoms with Crippen LogP contribution in [-0.4, -0.2) is 17.2 Å². The summed E-state index contributed by atoms with van der Waals surface area (Å²) in [5, 5.41) is 5.09. The third kappa shape index (κ3) is 2.70. The molecule has 0 amide bonds. The average Bonchev–Trinajstić information content (AvgIpc) is 2.50. The molecule has 0 aromatic carbocycles. The molecular formula is C12H27N2SiTi.